The van der Waals surface area contributed by atoms with Gasteiger partial charge in [-0.2, -0.15) is 8.61 Å². The van der Waals surface area contributed by atoms with Gasteiger partial charge in [0.2, 0.25) is 26.0 Å². The fourth-order valence-electron chi connectivity index (χ4n) is 3.69. The number of thiophene rings is 1. The van der Waals surface area contributed by atoms with E-state index >= 15 is 0 Å². The minimum absolute atomic E-state index is 0.0428. The molecule has 0 radical (unpaired) electrons. The Morgan fingerprint density at radius 2 is 1.48 bits per heavy atom. The topological polar surface area (TPSA) is 98.3 Å². The molecule has 0 aliphatic carbocycles. The highest BCUT2D eigenvalue weighted by molar-refractivity contribution is 7.89. The van der Waals surface area contributed by atoms with Gasteiger partial charge in [0, 0.05) is 62.1 Å². The lowest BCUT2D eigenvalue weighted by Gasteiger charge is -2.37. The number of aryl methyl sites for hydroxylation is 2. The molecule has 1 aromatic rings. The molecule has 2 saturated heterocycles. The molecular formula is C17H28N4O5S3. The van der Waals surface area contributed by atoms with Gasteiger partial charge in [0.1, 0.15) is 0 Å². The molecular weight excluding hydrogens is 436 g/mol. The van der Waals surface area contributed by atoms with Crippen molar-refractivity contribution in [2.45, 2.75) is 18.7 Å². The molecule has 164 valence electrons. The van der Waals surface area contributed by atoms with Crippen molar-refractivity contribution in [2.75, 3.05) is 65.2 Å². The van der Waals surface area contributed by atoms with Crippen LogP contribution in [0.2, 0.25) is 0 Å². The van der Waals surface area contributed by atoms with Gasteiger partial charge in [0.05, 0.1) is 17.7 Å². The maximum Gasteiger partial charge on any atom is 0.244 e. The Morgan fingerprint density at radius 3 is 1.97 bits per heavy atom. The second-order valence-corrected chi connectivity index (χ2v) is 12.8. The third-order valence-electron chi connectivity index (χ3n) is 5.36. The number of rotatable bonds is 5. The van der Waals surface area contributed by atoms with Crippen molar-refractivity contribution in [3.05, 3.63) is 15.8 Å². The Balaban J connectivity index is 1.51. The van der Waals surface area contributed by atoms with Crippen LogP contribution in [0.15, 0.2) is 11.0 Å². The standard InChI is InChI=1S/C17H28N4O5S3/c1-14-12-16(15(2)27-14)29(25,26)21-8-4-18(5-9-21)13-17(22)19-6-10-20(11-7-19)28(3,23)24/h12H,4-11,13H2,1-3H3. The highest BCUT2D eigenvalue weighted by Gasteiger charge is 2.32. The van der Waals surface area contributed by atoms with Crippen LogP contribution in [-0.4, -0.2) is 106 Å². The molecule has 3 heterocycles. The van der Waals surface area contributed by atoms with Crippen molar-refractivity contribution >= 4 is 37.3 Å². The van der Waals surface area contributed by atoms with Crippen LogP contribution in [0, 0.1) is 13.8 Å². The van der Waals surface area contributed by atoms with Crippen molar-refractivity contribution in [3.63, 3.8) is 0 Å². The summed E-state index contributed by atoms with van der Waals surface area (Å²) in [7, 11) is -6.73. The molecule has 1 aromatic heterocycles. The first-order valence-corrected chi connectivity index (χ1v) is 13.6. The molecule has 0 saturated carbocycles. The zero-order chi connectivity index (χ0) is 21.4. The molecule has 0 unspecified atom stereocenters. The van der Waals surface area contributed by atoms with Crippen molar-refractivity contribution < 1.29 is 21.6 Å². The summed E-state index contributed by atoms with van der Waals surface area (Å²) < 4.78 is 51.8. The zero-order valence-corrected chi connectivity index (χ0v) is 19.4. The molecule has 0 N–H and O–H groups in total. The van der Waals surface area contributed by atoms with E-state index in [1.165, 1.54) is 26.2 Å². The Bertz CT molecular complexity index is 957. The number of nitrogens with zero attached hydrogens (tertiary/aromatic N) is 4. The van der Waals surface area contributed by atoms with Gasteiger partial charge in [-0.3, -0.25) is 9.69 Å². The summed E-state index contributed by atoms with van der Waals surface area (Å²) in [6.07, 6.45) is 1.18. The smallest absolute Gasteiger partial charge is 0.244 e. The molecule has 2 aliphatic rings. The molecule has 12 heteroatoms. The maximum absolute atomic E-state index is 12.9. The zero-order valence-electron chi connectivity index (χ0n) is 17.0. The molecule has 9 nitrogen and oxygen atoms in total. The van der Waals surface area contributed by atoms with E-state index in [1.54, 1.807) is 11.0 Å². The SMILES string of the molecule is Cc1cc(S(=O)(=O)N2CCN(CC(=O)N3CCN(S(C)(=O)=O)CC3)CC2)c(C)s1. The summed E-state index contributed by atoms with van der Waals surface area (Å²) in [4.78, 5) is 18.4. The van der Waals surface area contributed by atoms with Gasteiger partial charge in [0.15, 0.2) is 0 Å². The number of amides is 1. The lowest BCUT2D eigenvalue weighted by Crippen LogP contribution is -2.54. The number of sulfonamides is 2. The van der Waals surface area contributed by atoms with Gasteiger partial charge >= 0.3 is 0 Å². The van der Waals surface area contributed by atoms with E-state index in [1.807, 2.05) is 18.7 Å². The quantitative estimate of drug-likeness (QED) is 0.597. The number of hydrogen-bond donors (Lipinski definition) is 0. The molecule has 2 fully saturated rings. The highest BCUT2D eigenvalue weighted by Crippen LogP contribution is 2.28. The largest absolute Gasteiger partial charge is 0.339 e. The van der Waals surface area contributed by atoms with Gasteiger partial charge in [-0.1, -0.05) is 0 Å². The summed E-state index contributed by atoms with van der Waals surface area (Å²) >= 11 is 1.48. The lowest BCUT2D eigenvalue weighted by atomic mass is 10.3. The van der Waals surface area contributed by atoms with Crippen LogP contribution in [0.5, 0.6) is 0 Å². The second kappa shape index (κ2) is 8.60. The van der Waals surface area contributed by atoms with Crippen LogP contribution < -0.4 is 0 Å². The van der Waals surface area contributed by atoms with Crippen molar-refractivity contribution in [2.24, 2.45) is 0 Å². The summed E-state index contributed by atoms with van der Waals surface area (Å²) in [6, 6.07) is 1.72. The summed E-state index contributed by atoms with van der Waals surface area (Å²) in [5.41, 5.74) is 0. The van der Waals surface area contributed by atoms with Crippen molar-refractivity contribution in [3.8, 4) is 0 Å². The Kier molecular flexibility index (Phi) is 6.71. The predicted octanol–water partition coefficient (Wildman–Crippen LogP) is -0.225. The van der Waals surface area contributed by atoms with Gasteiger partial charge in [-0.05, 0) is 19.9 Å². The van der Waals surface area contributed by atoms with E-state index in [9.17, 15) is 21.6 Å². The number of carbonyl (C=O) groups is 1. The summed E-state index contributed by atoms with van der Waals surface area (Å²) in [5, 5.41) is 0. The first-order valence-electron chi connectivity index (χ1n) is 9.51. The first kappa shape index (κ1) is 22.6. The van der Waals surface area contributed by atoms with Gasteiger partial charge in [-0.15, -0.1) is 11.3 Å². The van der Waals surface area contributed by atoms with E-state index in [0.717, 1.165) is 9.75 Å². The molecule has 3 rings (SSSR count). The minimum Gasteiger partial charge on any atom is -0.339 e. The van der Waals surface area contributed by atoms with Gasteiger partial charge in [-0.25, -0.2) is 16.8 Å². The Morgan fingerprint density at radius 1 is 0.931 bits per heavy atom. The molecule has 0 atom stereocenters. The number of hydrogen-bond acceptors (Lipinski definition) is 7. The van der Waals surface area contributed by atoms with Crippen LogP contribution in [0.4, 0.5) is 0 Å². The monoisotopic (exact) mass is 464 g/mol. The number of carbonyl (C=O) groups excluding carboxylic acids is 1. The van der Waals surface area contributed by atoms with E-state index in [0.29, 0.717) is 57.3 Å². The van der Waals surface area contributed by atoms with Gasteiger partial charge in [0.25, 0.3) is 0 Å². The van der Waals surface area contributed by atoms with Crippen LogP contribution in [0.3, 0.4) is 0 Å². The molecule has 0 aromatic carbocycles. The summed E-state index contributed by atoms with van der Waals surface area (Å²) in [6.45, 7) is 7.05. The lowest BCUT2D eigenvalue weighted by molar-refractivity contribution is -0.133. The van der Waals surface area contributed by atoms with Crippen LogP contribution >= 0.6 is 11.3 Å². The van der Waals surface area contributed by atoms with Crippen LogP contribution in [-0.2, 0) is 24.8 Å². The molecule has 0 bridgehead atoms. The molecule has 2 aliphatic heterocycles. The predicted molar refractivity (Wildman–Crippen MR) is 112 cm³/mol. The van der Waals surface area contributed by atoms with Gasteiger partial charge < -0.3 is 4.90 Å². The van der Waals surface area contributed by atoms with E-state index in [4.69, 9.17) is 0 Å². The second-order valence-electron chi connectivity index (χ2n) is 7.50. The fraction of sp³-hybridized carbons (Fsp3) is 0.706. The highest BCUT2D eigenvalue weighted by atomic mass is 32.2. The van der Waals surface area contributed by atoms with Crippen molar-refractivity contribution in [1.82, 2.24) is 18.4 Å². The number of piperazine rings is 2. The summed E-state index contributed by atoms with van der Waals surface area (Å²) in [5.74, 6) is -0.0428. The Labute approximate surface area is 177 Å². The van der Waals surface area contributed by atoms with E-state index in [-0.39, 0.29) is 12.5 Å². The molecule has 29 heavy (non-hydrogen) atoms. The van der Waals surface area contributed by atoms with Crippen LogP contribution in [0.1, 0.15) is 9.75 Å². The van der Waals surface area contributed by atoms with E-state index < -0.39 is 20.0 Å². The van der Waals surface area contributed by atoms with E-state index in [2.05, 4.69) is 0 Å². The fourth-order valence-corrected chi connectivity index (χ4v) is 7.46. The Hall–Kier alpha value is -1.05. The normalized spacial score (nSPS) is 20.9. The minimum atomic E-state index is -3.51. The third kappa shape index (κ3) is 5.17. The average Bonchev–Trinajstić information content (AvgIpc) is 3.00. The molecule has 1 amide bonds. The van der Waals surface area contributed by atoms with Crippen molar-refractivity contribution in [1.29, 1.82) is 0 Å². The molecule has 0 spiro atoms. The first-order chi connectivity index (χ1) is 13.5. The maximum atomic E-state index is 12.9. The third-order valence-corrected chi connectivity index (χ3v) is 9.79. The average molecular weight is 465 g/mol. The van der Waals surface area contributed by atoms with Crippen LogP contribution in [0.25, 0.3) is 0 Å².